The van der Waals surface area contributed by atoms with Gasteiger partial charge in [-0.05, 0) is 20.0 Å². The van der Waals surface area contributed by atoms with Gasteiger partial charge in [-0.2, -0.15) is 0 Å². The summed E-state index contributed by atoms with van der Waals surface area (Å²) in [6.07, 6.45) is 1.15. The first-order valence-electron chi connectivity index (χ1n) is 5.64. The fourth-order valence-corrected chi connectivity index (χ4v) is 1.44. The van der Waals surface area contributed by atoms with Crippen molar-refractivity contribution in [3.05, 3.63) is 0 Å². The molecule has 4 nitrogen and oxygen atoms in total. The molecule has 1 unspecified atom stereocenters. The topological polar surface area (TPSA) is 33.7 Å². The molecule has 0 amide bonds. The summed E-state index contributed by atoms with van der Waals surface area (Å²) in [5, 5.41) is 3.47. The monoisotopic (exact) mass is 218 g/mol. The first-order valence-corrected chi connectivity index (χ1v) is 5.64. The fourth-order valence-electron chi connectivity index (χ4n) is 1.44. The Balaban J connectivity index is 3.70. The Bertz CT molecular complexity index is 134. The summed E-state index contributed by atoms with van der Waals surface area (Å²) in [5.74, 6) is 0. The minimum absolute atomic E-state index is 0.414. The van der Waals surface area contributed by atoms with E-state index in [1.807, 2.05) is 0 Å². The Morgan fingerprint density at radius 2 is 2.00 bits per heavy atom. The summed E-state index contributed by atoms with van der Waals surface area (Å²) in [5.41, 5.74) is 0. The second kappa shape index (κ2) is 10.4. The third-order valence-electron chi connectivity index (χ3n) is 2.26. The van der Waals surface area contributed by atoms with Crippen LogP contribution in [0, 0.1) is 0 Å². The molecular formula is C11H26N2O2. The molecule has 0 aromatic heterocycles. The largest absolute Gasteiger partial charge is 0.383 e. The Labute approximate surface area is 93.9 Å². The number of rotatable bonds is 10. The highest BCUT2D eigenvalue weighted by Gasteiger charge is 2.09. The molecule has 0 bridgehead atoms. The van der Waals surface area contributed by atoms with Gasteiger partial charge in [-0.25, -0.2) is 0 Å². The van der Waals surface area contributed by atoms with Crippen LogP contribution in [-0.4, -0.2) is 65.1 Å². The quantitative estimate of drug-likeness (QED) is 0.581. The second-order valence-corrected chi connectivity index (χ2v) is 3.86. The summed E-state index contributed by atoms with van der Waals surface area (Å²) in [6, 6.07) is 0.414. The van der Waals surface area contributed by atoms with Gasteiger partial charge in [0.2, 0.25) is 0 Å². The molecule has 0 fully saturated rings. The fraction of sp³-hybridized carbons (Fsp3) is 1.00. The van der Waals surface area contributed by atoms with Crippen LogP contribution in [0.15, 0.2) is 0 Å². The molecule has 92 valence electrons. The van der Waals surface area contributed by atoms with Crippen LogP contribution >= 0.6 is 0 Å². The van der Waals surface area contributed by atoms with Crippen LogP contribution in [0.3, 0.4) is 0 Å². The standard InChI is InChI=1S/C11H26N2O2/c1-5-6-12-11(10-15-4)9-13(2)7-8-14-3/h11-12H,5-10H2,1-4H3. The van der Waals surface area contributed by atoms with E-state index < -0.39 is 0 Å². The van der Waals surface area contributed by atoms with Gasteiger partial charge in [-0.1, -0.05) is 6.92 Å². The zero-order valence-electron chi connectivity index (χ0n) is 10.6. The number of methoxy groups -OCH3 is 2. The van der Waals surface area contributed by atoms with Gasteiger partial charge in [0.15, 0.2) is 0 Å². The van der Waals surface area contributed by atoms with E-state index in [1.165, 1.54) is 0 Å². The van der Waals surface area contributed by atoms with E-state index in [9.17, 15) is 0 Å². The molecule has 0 aliphatic heterocycles. The summed E-state index contributed by atoms with van der Waals surface area (Å²) in [6.45, 7) is 6.72. The van der Waals surface area contributed by atoms with E-state index >= 15 is 0 Å². The third kappa shape index (κ3) is 8.81. The van der Waals surface area contributed by atoms with Crippen molar-refractivity contribution in [3.63, 3.8) is 0 Å². The number of hydrogen-bond donors (Lipinski definition) is 1. The van der Waals surface area contributed by atoms with E-state index in [1.54, 1.807) is 14.2 Å². The molecule has 0 rings (SSSR count). The van der Waals surface area contributed by atoms with Crippen molar-refractivity contribution in [3.8, 4) is 0 Å². The highest BCUT2D eigenvalue weighted by molar-refractivity contribution is 4.69. The maximum atomic E-state index is 5.19. The van der Waals surface area contributed by atoms with Crippen molar-refractivity contribution in [1.82, 2.24) is 10.2 Å². The van der Waals surface area contributed by atoms with Crippen LogP contribution in [0.1, 0.15) is 13.3 Å². The summed E-state index contributed by atoms with van der Waals surface area (Å²) >= 11 is 0. The molecular weight excluding hydrogens is 192 g/mol. The Morgan fingerprint density at radius 3 is 2.53 bits per heavy atom. The van der Waals surface area contributed by atoms with Gasteiger partial charge in [0.05, 0.1) is 13.2 Å². The molecule has 0 saturated heterocycles. The first-order chi connectivity index (χ1) is 7.24. The van der Waals surface area contributed by atoms with Crippen LogP contribution in [-0.2, 0) is 9.47 Å². The molecule has 0 saturated carbocycles. The van der Waals surface area contributed by atoms with Crippen molar-refractivity contribution in [2.45, 2.75) is 19.4 Å². The van der Waals surface area contributed by atoms with Crippen LogP contribution < -0.4 is 5.32 Å². The Morgan fingerprint density at radius 1 is 1.27 bits per heavy atom. The van der Waals surface area contributed by atoms with Crippen LogP contribution in [0.2, 0.25) is 0 Å². The average Bonchev–Trinajstić information content (AvgIpc) is 2.23. The van der Waals surface area contributed by atoms with E-state index in [0.29, 0.717) is 6.04 Å². The summed E-state index contributed by atoms with van der Waals surface area (Å²) in [7, 11) is 5.58. The third-order valence-corrected chi connectivity index (χ3v) is 2.26. The molecule has 0 aliphatic rings. The van der Waals surface area contributed by atoms with Gasteiger partial charge in [0.25, 0.3) is 0 Å². The Hall–Kier alpha value is -0.160. The first kappa shape index (κ1) is 14.8. The van der Waals surface area contributed by atoms with E-state index in [-0.39, 0.29) is 0 Å². The number of ether oxygens (including phenoxy) is 2. The summed E-state index contributed by atoms with van der Waals surface area (Å²) in [4.78, 5) is 2.26. The lowest BCUT2D eigenvalue weighted by atomic mass is 10.2. The van der Waals surface area contributed by atoms with E-state index in [0.717, 1.165) is 39.3 Å². The molecule has 0 spiro atoms. The van der Waals surface area contributed by atoms with Gasteiger partial charge < -0.3 is 19.7 Å². The lowest BCUT2D eigenvalue weighted by molar-refractivity contribution is 0.125. The van der Waals surface area contributed by atoms with Gasteiger partial charge in [0, 0.05) is 33.4 Å². The average molecular weight is 218 g/mol. The van der Waals surface area contributed by atoms with Crippen molar-refractivity contribution >= 4 is 0 Å². The van der Waals surface area contributed by atoms with Crippen molar-refractivity contribution in [2.24, 2.45) is 0 Å². The minimum Gasteiger partial charge on any atom is -0.383 e. The van der Waals surface area contributed by atoms with Crippen molar-refractivity contribution in [1.29, 1.82) is 0 Å². The predicted molar refractivity (Wildman–Crippen MR) is 63.3 cm³/mol. The van der Waals surface area contributed by atoms with Crippen LogP contribution in [0.4, 0.5) is 0 Å². The highest BCUT2D eigenvalue weighted by Crippen LogP contribution is 1.91. The maximum Gasteiger partial charge on any atom is 0.0628 e. The van der Waals surface area contributed by atoms with Crippen molar-refractivity contribution in [2.75, 3.05) is 54.1 Å². The molecule has 0 heterocycles. The van der Waals surface area contributed by atoms with E-state index in [4.69, 9.17) is 9.47 Å². The predicted octanol–water partition coefficient (Wildman–Crippen LogP) is 0.579. The minimum atomic E-state index is 0.414. The molecule has 0 aliphatic carbocycles. The van der Waals surface area contributed by atoms with Gasteiger partial charge in [-0.3, -0.25) is 0 Å². The maximum absolute atomic E-state index is 5.19. The van der Waals surface area contributed by atoms with Gasteiger partial charge in [-0.15, -0.1) is 0 Å². The number of nitrogens with zero attached hydrogens (tertiary/aromatic N) is 1. The van der Waals surface area contributed by atoms with Crippen LogP contribution in [0.25, 0.3) is 0 Å². The zero-order chi connectivity index (χ0) is 11.5. The smallest absolute Gasteiger partial charge is 0.0628 e. The lowest BCUT2D eigenvalue weighted by Crippen LogP contribution is -2.43. The highest BCUT2D eigenvalue weighted by atomic mass is 16.5. The number of hydrogen-bond acceptors (Lipinski definition) is 4. The molecule has 1 N–H and O–H groups in total. The van der Waals surface area contributed by atoms with Gasteiger partial charge in [0.1, 0.15) is 0 Å². The molecule has 15 heavy (non-hydrogen) atoms. The second-order valence-electron chi connectivity index (χ2n) is 3.86. The lowest BCUT2D eigenvalue weighted by Gasteiger charge is -2.24. The molecule has 4 heteroatoms. The number of likely N-dealkylation sites (N-methyl/N-ethyl adjacent to an activating group) is 1. The number of nitrogens with one attached hydrogen (secondary N) is 1. The van der Waals surface area contributed by atoms with E-state index in [2.05, 4.69) is 24.2 Å². The Kier molecular flexibility index (Phi) is 10.3. The molecule has 1 atom stereocenters. The summed E-state index contributed by atoms with van der Waals surface area (Å²) < 4.78 is 10.2. The SMILES string of the molecule is CCCNC(COC)CN(C)CCOC. The van der Waals surface area contributed by atoms with Crippen LogP contribution in [0.5, 0.6) is 0 Å². The molecule has 0 aromatic carbocycles. The zero-order valence-corrected chi connectivity index (χ0v) is 10.6. The normalized spacial score (nSPS) is 13.4. The molecule has 0 radical (unpaired) electrons. The van der Waals surface area contributed by atoms with Crippen molar-refractivity contribution < 1.29 is 9.47 Å². The van der Waals surface area contributed by atoms with Gasteiger partial charge >= 0.3 is 0 Å². The molecule has 0 aromatic rings.